The first-order valence-electron chi connectivity index (χ1n) is 7.41. The number of ether oxygens (including phenoxy) is 1. The third-order valence-corrected chi connectivity index (χ3v) is 3.63. The number of aromatic nitrogens is 1. The molecule has 1 fully saturated rings. The Bertz CT molecular complexity index is 405. The van der Waals surface area contributed by atoms with Gasteiger partial charge in [-0.15, -0.1) is 0 Å². The lowest BCUT2D eigenvalue weighted by molar-refractivity contribution is 0.0381. The number of hydrogen-bond acceptors (Lipinski definition) is 5. The first kappa shape index (κ1) is 15.5. The first-order chi connectivity index (χ1) is 9.44. The lowest BCUT2D eigenvalue weighted by Crippen LogP contribution is -2.36. The fraction of sp³-hybridized carbons (Fsp3) is 0.800. The Balaban J connectivity index is 1.82. The van der Waals surface area contributed by atoms with Gasteiger partial charge >= 0.3 is 0 Å². The van der Waals surface area contributed by atoms with Crippen LogP contribution in [-0.4, -0.2) is 41.9 Å². The summed E-state index contributed by atoms with van der Waals surface area (Å²) in [5.74, 6) is 0.935. The van der Waals surface area contributed by atoms with Crippen molar-refractivity contribution in [1.29, 1.82) is 0 Å². The van der Waals surface area contributed by atoms with Gasteiger partial charge in [0.15, 0.2) is 5.76 Å². The van der Waals surface area contributed by atoms with Gasteiger partial charge in [-0.2, -0.15) is 0 Å². The van der Waals surface area contributed by atoms with Crippen molar-refractivity contribution in [3.63, 3.8) is 0 Å². The van der Waals surface area contributed by atoms with Gasteiger partial charge in [0.25, 0.3) is 0 Å². The van der Waals surface area contributed by atoms with Gasteiger partial charge in [-0.25, -0.2) is 0 Å². The molecule has 1 N–H and O–H groups in total. The van der Waals surface area contributed by atoms with Crippen molar-refractivity contribution >= 4 is 0 Å². The summed E-state index contributed by atoms with van der Waals surface area (Å²) in [5.41, 5.74) is 1.06. The molecule has 20 heavy (non-hydrogen) atoms. The van der Waals surface area contributed by atoms with E-state index in [2.05, 4.69) is 49.3 Å². The zero-order valence-corrected chi connectivity index (χ0v) is 13.1. The number of nitrogens with zero attached hydrogens (tertiary/aromatic N) is 2. The molecule has 0 bridgehead atoms. The minimum Gasteiger partial charge on any atom is -0.381 e. The topological polar surface area (TPSA) is 50.5 Å². The quantitative estimate of drug-likeness (QED) is 0.896. The van der Waals surface area contributed by atoms with Crippen LogP contribution in [0.5, 0.6) is 0 Å². The molecule has 0 aliphatic carbocycles. The molecule has 1 aromatic heterocycles. The summed E-state index contributed by atoms with van der Waals surface area (Å²) < 4.78 is 10.8. The van der Waals surface area contributed by atoms with E-state index in [1.54, 1.807) is 0 Å². The van der Waals surface area contributed by atoms with Crippen molar-refractivity contribution in [2.75, 3.05) is 20.3 Å². The van der Waals surface area contributed by atoms with Crippen molar-refractivity contribution in [3.05, 3.63) is 17.5 Å². The first-order valence-corrected chi connectivity index (χ1v) is 7.41. The van der Waals surface area contributed by atoms with Crippen molar-refractivity contribution in [2.24, 2.45) is 0 Å². The molecular formula is C15H27N3O2. The van der Waals surface area contributed by atoms with Gasteiger partial charge in [-0.1, -0.05) is 5.16 Å². The van der Waals surface area contributed by atoms with Crippen LogP contribution in [0.25, 0.3) is 0 Å². The Hall–Kier alpha value is -0.910. The molecule has 0 unspecified atom stereocenters. The van der Waals surface area contributed by atoms with Gasteiger partial charge in [0.1, 0.15) is 0 Å². The lowest BCUT2D eigenvalue weighted by atomic mass is 10.1. The molecule has 5 nitrogen and oxygen atoms in total. The van der Waals surface area contributed by atoms with Crippen LogP contribution >= 0.6 is 0 Å². The summed E-state index contributed by atoms with van der Waals surface area (Å²) in [6.45, 7) is 9.73. The highest BCUT2D eigenvalue weighted by Crippen LogP contribution is 2.16. The molecule has 0 radical (unpaired) electrons. The van der Waals surface area contributed by atoms with E-state index in [0.29, 0.717) is 6.04 Å². The molecule has 114 valence electrons. The molecule has 1 aromatic rings. The van der Waals surface area contributed by atoms with Crippen LogP contribution < -0.4 is 5.32 Å². The molecule has 1 aliphatic heterocycles. The van der Waals surface area contributed by atoms with Crippen molar-refractivity contribution < 1.29 is 9.26 Å². The summed E-state index contributed by atoms with van der Waals surface area (Å²) in [7, 11) is 2.14. The minimum atomic E-state index is 0.0952. The average Bonchev–Trinajstić information content (AvgIpc) is 2.84. The van der Waals surface area contributed by atoms with Crippen LogP contribution in [-0.2, 0) is 17.8 Å². The zero-order valence-electron chi connectivity index (χ0n) is 13.1. The second kappa shape index (κ2) is 6.70. The highest BCUT2D eigenvalue weighted by atomic mass is 16.5. The van der Waals surface area contributed by atoms with Crippen LogP contribution in [0.4, 0.5) is 0 Å². The SMILES string of the molecule is CN(Cc1cc(CNC(C)(C)C)no1)C1CCOCC1. The predicted octanol–water partition coefficient (Wildman–Crippen LogP) is 2.17. The van der Waals surface area contributed by atoms with E-state index in [0.717, 1.165) is 50.6 Å². The molecule has 1 aliphatic rings. The Morgan fingerprint density at radius 2 is 2.05 bits per heavy atom. The molecule has 1 saturated heterocycles. The maximum atomic E-state index is 5.43. The van der Waals surface area contributed by atoms with E-state index in [1.165, 1.54) is 0 Å². The van der Waals surface area contributed by atoms with Gasteiger partial charge in [-0.3, -0.25) is 4.90 Å². The molecular weight excluding hydrogens is 254 g/mol. The van der Waals surface area contributed by atoms with Crippen LogP contribution in [0, 0.1) is 0 Å². The standard InChI is InChI=1S/C15H27N3O2/c1-15(2,3)16-10-12-9-14(20-17-12)11-18(4)13-5-7-19-8-6-13/h9,13,16H,5-8,10-11H2,1-4H3. The van der Waals surface area contributed by atoms with Gasteiger partial charge in [0.05, 0.1) is 12.2 Å². The average molecular weight is 281 g/mol. The van der Waals surface area contributed by atoms with Crippen LogP contribution in [0.15, 0.2) is 10.6 Å². The third-order valence-electron chi connectivity index (χ3n) is 3.63. The second-order valence-electron chi connectivity index (χ2n) is 6.65. The molecule has 2 rings (SSSR count). The normalized spacial score (nSPS) is 17.9. The zero-order chi connectivity index (χ0) is 14.6. The smallest absolute Gasteiger partial charge is 0.151 e. The molecule has 0 spiro atoms. The maximum Gasteiger partial charge on any atom is 0.151 e. The summed E-state index contributed by atoms with van der Waals surface area (Å²) in [6.07, 6.45) is 2.20. The second-order valence-corrected chi connectivity index (χ2v) is 6.65. The van der Waals surface area contributed by atoms with Gasteiger partial charge in [-0.05, 0) is 40.7 Å². The number of rotatable bonds is 5. The molecule has 5 heteroatoms. The Morgan fingerprint density at radius 3 is 2.70 bits per heavy atom. The van der Waals surface area contributed by atoms with E-state index in [-0.39, 0.29) is 5.54 Å². The van der Waals surface area contributed by atoms with E-state index in [4.69, 9.17) is 9.26 Å². The van der Waals surface area contributed by atoms with Crippen LogP contribution in [0.3, 0.4) is 0 Å². The molecule has 0 atom stereocenters. The monoisotopic (exact) mass is 281 g/mol. The fourth-order valence-corrected chi connectivity index (χ4v) is 2.37. The van der Waals surface area contributed by atoms with Crippen LogP contribution in [0.1, 0.15) is 45.1 Å². The molecule has 0 amide bonds. The third kappa shape index (κ3) is 4.89. The van der Waals surface area contributed by atoms with E-state index < -0.39 is 0 Å². The summed E-state index contributed by atoms with van der Waals surface area (Å²) >= 11 is 0. The largest absolute Gasteiger partial charge is 0.381 e. The van der Waals surface area contributed by atoms with Crippen molar-refractivity contribution in [1.82, 2.24) is 15.4 Å². The molecule has 2 heterocycles. The van der Waals surface area contributed by atoms with Gasteiger partial charge in [0.2, 0.25) is 0 Å². The molecule has 0 saturated carbocycles. The summed E-state index contributed by atoms with van der Waals surface area (Å²) in [6, 6.07) is 2.64. The summed E-state index contributed by atoms with van der Waals surface area (Å²) in [5, 5.41) is 7.54. The summed E-state index contributed by atoms with van der Waals surface area (Å²) in [4.78, 5) is 2.34. The highest BCUT2D eigenvalue weighted by Gasteiger charge is 2.20. The maximum absolute atomic E-state index is 5.43. The predicted molar refractivity (Wildman–Crippen MR) is 78.4 cm³/mol. The van der Waals surface area contributed by atoms with E-state index in [1.807, 2.05) is 0 Å². The van der Waals surface area contributed by atoms with Crippen molar-refractivity contribution in [2.45, 2.75) is 58.3 Å². The van der Waals surface area contributed by atoms with Crippen LogP contribution in [0.2, 0.25) is 0 Å². The van der Waals surface area contributed by atoms with Gasteiger partial charge < -0.3 is 14.6 Å². The lowest BCUT2D eigenvalue weighted by Gasteiger charge is -2.30. The fourth-order valence-electron chi connectivity index (χ4n) is 2.37. The Morgan fingerprint density at radius 1 is 1.35 bits per heavy atom. The Labute approximate surface area is 121 Å². The number of hydrogen-bond donors (Lipinski definition) is 1. The Kier molecular flexibility index (Phi) is 5.18. The van der Waals surface area contributed by atoms with Crippen molar-refractivity contribution in [3.8, 4) is 0 Å². The highest BCUT2D eigenvalue weighted by molar-refractivity contribution is 5.05. The molecule has 0 aromatic carbocycles. The minimum absolute atomic E-state index is 0.0952. The van der Waals surface area contributed by atoms with E-state index >= 15 is 0 Å². The number of nitrogens with one attached hydrogen (secondary N) is 1. The van der Waals surface area contributed by atoms with E-state index in [9.17, 15) is 0 Å². The van der Waals surface area contributed by atoms with Gasteiger partial charge in [0, 0.05) is 37.4 Å².